The molecule has 0 aliphatic carbocycles. The lowest BCUT2D eigenvalue weighted by Gasteiger charge is -2.27. The molecule has 1 saturated heterocycles. The molecule has 0 atom stereocenters. The predicted octanol–water partition coefficient (Wildman–Crippen LogP) is 2.49. The van der Waals surface area contributed by atoms with Crippen molar-refractivity contribution in [1.82, 2.24) is 24.9 Å². The van der Waals surface area contributed by atoms with Crippen molar-refractivity contribution >= 4 is 28.6 Å². The first-order chi connectivity index (χ1) is 15.3. The third-order valence-corrected chi connectivity index (χ3v) is 5.26. The van der Waals surface area contributed by atoms with Crippen LogP contribution in [0, 0.1) is 0 Å². The first kappa shape index (κ1) is 19.3. The lowest BCUT2D eigenvalue weighted by Crippen LogP contribution is -2.37. The highest BCUT2D eigenvalue weighted by Crippen LogP contribution is 2.29. The van der Waals surface area contributed by atoms with Gasteiger partial charge >= 0.3 is 0 Å². The van der Waals surface area contributed by atoms with Crippen LogP contribution in [0.3, 0.4) is 0 Å². The number of nitrogens with zero attached hydrogens (tertiary/aromatic N) is 5. The fourth-order valence-corrected chi connectivity index (χ4v) is 3.71. The van der Waals surface area contributed by atoms with Crippen LogP contribution in [0.2, 0.25) is 0 Å². The highest BCUT2D eigenvalue weighted by Gasteiger charge is 2.18. The maximum absolute atomic E-state index is 5.99. The summed E-state index contributed by atoms with van der Waals surface area (Å²) in [6, 6.07) is 11.9. The van der Waals surface area contributed by atoms with Gasteiger partial charge in [0, 0.05) is 48.5 Å². The van der Waals surface area contributed by atoms with Gasteiger partial charge in [-0.05, 0) is 30.2 Å². The molecule has 31 heavy (non-hydrogen) atoms. The van der Waals surface area contributed by atoms with Crippen molar-refractivity contribution in [1.29, 1.82) is 0 Å². The van der Waals surface area contributed by atoms with Crippen LogP contribution in [0.15, 0.2) is 48.8 Å². The van der Waals surface area contributed by atoms with E-state index < -0.39 is 0 Å². The summed E-state index contributed by atoms with van der Waals surface area (Å²) in [6.07, 6.45) is 4.47. The van der Waals surface area contributed by atoms with Crippen LogP contribution in [-0.4, -0.2) is 57.8 Å². The van der Waals surface area contributed by atoms with Crippen molar-refractivity contribution in [2.45, 2.75) is 6.42 Å². The lowest BCUT2D eigenvalue weighted by molar-refractivity contribution is 0.122. The first-order valence-corrected chi connectivity index (χ1v) is 10.4. The van der Waals surface area contributed by atoms with Crippen LogP contribution < -0.4 is 16.0 Å². The van der Waals surface area contributed by atoms with Crippen LogP contribution in [0.1, 0.15) is 5.56 Å². The minimum absolute atomic E-state index is 0.552. The lowest BCUT2D eigenvalue weighted by atomic mass is 10.1. The molecular formula is C22H24N8O. The average Bonchev–Trinajstić information content (AvgIpc) is 3.20. The van der Waals surface area contributed by atoms with Gasteiger partial charge in [0.15, 0.2) is 5.82 Å². The van der Waals surface area contributed by atoms with Crippen molar-refractivity contribution in [3.63, 3.8) is 0 Å². The highest BCUT2D eigenvalue weighted by molar-refractivity contribution is 5.95. The Hall–Kier alpha value is -3.72. The van der Waals surface area contributed by atoms with E-state index in [9.17, 15) is 0 Å². The molecule has 4 heterocycles. The number of aromatic amines is 1. The van der Waals surface area contributed by atoms with Crippen LogP contribution in [0.5, 0.6) is 0 Å². The molecule has 0 unspecified atom stereocenters. The Bertz CT molecular complexity index is 1170. The molecule has 1 fully saturated rings. The van der Waals surface area contributed by atoms with Gasteiger partial charge in [-0.3, -0.25) is 4.98 Å². The molecule has 0 radical (unpaired) electrons. The molecule has 3 aromatic heterocycles. The second-order valence-electron chi connectivity index (χ2n) is 7.41. The number of morpholine rings is 1. The number of nitrogens with two attached hydrogens (primary N) is 1. The van der Waals surface area contributed by atoms with E-state index in [2.05, 4.69) is 31.2 Å². The standard InChI is InChI=1S/C22H24N8O/c23-19-13-17-16(4-1-5-18(17)26-19)20-27-21(25-8-6-15-3-2-7-24-14-15)29-22(28-20)30-9-11-31-12-10-30/h1-5,7,13-14,26H,6,8-12,23H2,(H,25,27,28,29). The quantitative estimate of drug-likeness (QED) is 0.439. The van der Waals surface area contributed by atoms with E-state index >= 15 is 0 Å². The molecular weight excluding hydrogens is 392 g/mol. The van der Waals surface area contributed by atoms with Crippen molar-refractivity contribution in [2.75, 3.05) is 48.8 Å². The number of ether oxygens (including phenoxy) is 1. The largest absolute Gasteiger partial charge is 0.385 e. The van der Waals surface area contributed by atoms with E-state index in [4.69, 9.17) is 20.4 Å². The molecule has 5 rings (SSSR count). The second kappa shape index (κ2) is 8.57. The number of nitrogens with one attached hydrogen (secondary N) is 2. The van der Waals surface area contributed by atoms with Gasteiger partial charge in [-0.15, -0.1) is 0 Å². The van der Waals surface area contributed by atoms with Crippen molar-refractivity contribution in [2.24, 2.45) is 0 Å². The molecule has 4 aromatic rings. The van der Waals surface area contributed by atoms with Crippen LogP contribution >= 0.6 is 0 Å². The van der Waals surface area contributed by atoms with Gasteiger partial charge in [0.25, 0.3) is 0 Å². The Morgan fingerprint density at radius 3 is 2.84 bits per heavy atom. The van der Waals surface area contributed by atoms with Crippen LogP contribution in [-0.2, 0) is 11.2 Å². The molecule has 9 heteroatoms. The summed E-state index contributed by atoms with van der Waals surface area (Å²) in [6.45, 7) is 3.52. The second-order valence-corrected chi connectivity index (χ2v) is 7.41. The molecule has 0 amide bonds. The summed E-state index contributed by atoms with van der Waals surface area (Å²) in [5, 5.41) is 4.34. The fraction of sp³-hybridized carbons (Fsp3) is 0.273. The van der Waals surface area contributed by atoms with E-state index in [1.165, 1.54) is 0 Å². The monoisotopic (exact) mass is 416 g/mol. The summed E-state index contributed by atoms with van der Waals surface area (Å²) in [7, 11) is 0. The zero-order valence-corrected chi connectivity index (χ0v) is 17.1. The Kier molecular flexibility index (Phi) is 5.32. The first-order valence-electron chi connectivity index (χ1n) is 10.4. The molecule has 158 valence electrons. The number of hydrogen-bond donors (Lipinski definition) is 3. The molecule has 0 saturated carbocycles. The van der Waals surface area contributed by atoms with Gasteiger partial charge in [0.2, 0.25) is 11.9 Å². The van der Waals surface area contributed by atoms with Gasteiger partial charge in [-0.1, -0.05) is 18.2 Å². The van der Waals surface area contributed by atoms with E-state index in [-0.39, 0.29) is 0 Å². The molecule has 1 aromatic carbocycles. The van der Waals surface area contributed by atoms with Gasteiger partial charge in [0.1, 0.15) is 5.82 Å². The van der Waals surface area contributed by atoms with E-state index in [1.54, 1.807) is 6.20 Å². The van der Waals surface area contributed by atoms with Gasteiger partial charge in [0.05, 0.1) is 13.2 Å². The Balaban J connectivity index is 1.48. The minimum Gasteiger partial charge on any atom is -0.385 e. The average molecular weight is 416 g/mol. The third kappa shape index (κ3) is 4.26. The summed E-state index contributed by atoms with van der Waals surface area (Å²) in [4.78, 5) is 23.7. The van der Waals surface area contributed by atoms with Crippen molar-refractivity contribution < 1.29 is 4.74 Å². The summed E-state index contributed by atoms with van der Waals surface area (Å²) in [5.41, 5.74) is 9.01. The maximum atomic E-state index is 5.99. The molecule has 1 aliphatic rings. The molecule has 1 aliphatic heterocycles. The number of anilines is 3. The number of nitrogen functional groups attached to an aromatic ring is 1. The zero-order valence-electron chi connectivity index (χ0n) is 17.1. The Morgan fingerprint density at radius 2 is 2.00 bits per heavy atom. The highest BCUT2D eigenvalue weighted by atomic mass is 16.5. The zero-order chi connectivity index (χ0) is 21.0. The summed E-state index contributed by atoms with van der Waals surface area (Å²) < 4.78 is 5.49. The van der Waals surface area contributed by atoms with Gasteiger partial charge in [-0.25, -0.2) is 0 Å². The maximum Gasteiger partial charge on any atom is 0.230 e. The smallest absolute Gasteiger partial charge is 0.230 e. The number of aromatic nitrogens is 5. The number of pyridine rings is 1. The number of H-pyrrole nitrogens is 1. The third-order valence-electron chi connectivity index (χ3n) is 5.26. The molecule has 9 nitrogen and oxygen atoms in total. The normalized spacial score (nSPS) is 14.1. The molecule has 0 spiro atoms. The molecule has 0 bridgehead atoms. The van der Waals surface area contributed by atoms with Gasteiger partial charge in [-0.2, -0.15) is 15.0 Å². The fourth-order valence-electron chi connectivity index (χ4n) is 3.71. The van der Waals surface area contributed by atoms with E-state index in [0.717, 1.165) is 41.5 Å². The van der Waals surface area contributed by atoms with E-state index in [1.807, 2.05) is 36.5 Å². The van der Waals surface area contributed by atoms with Crippen molar-refractivity contribution in [3.05, 3.63) is 54.4 Å². The van der Waals surface area contributed by atoms with Gasteiger partial charge < -0.3 is 25.7 Å². The molecule has 4 N–H and O–H groups in total. The topological polar surface area (TPSA) is 118 Å². The number of fused-ring (bicyclic) bond motifs is 1. The van der Waals surface area contributed by atoms with Crippen LogP contribution in [0.25, 0.3) is 22.3 Å². The summed E-state index contributed by atoms with van der Waals surface area (Å²) >= 11 is 0. The number of rotatable bonds is 6. The van der Waals surface area contributed by atoms with Crippen LogP contribution in [0.4, 0.5) is 17.7 Å². The Morgan fingerprint density at radius 1 is 1.10 bits per heavy atom. The number of benzene rings is 1. The van der Waals surface area contributed by atoms with Crippen molar-refractivity contribution in [3.8, 4) is 11.4 Å². The Labute approximate surface area is 179 Å². The predicted molar refractivity (Wildman–Crippen MR) is 121 cm³/mol. The SMILES string of the molecule is Nc1cc2c(-c3nc(NCCc4cccnc4)nc(N4CCOCC4)n3)cccc2[nH]1. The summed E-state index contributed by atoms with van der Waals surface area (Å²) in [5.74, 6) is 2.43. The number of hydrogen-bond acceptors (Lipinski definition) is 8. The van der Waals surface area contributed by atoms with E-state index in [0.29, 0.717) is 43.3 Å². The minimum atomic E-state index is 0.552.